The van der Waals surface area contributed by atoms with Crippen molar-refractivity contribution in [2.75, 3.05) is 6.54 Å². The molecule has 90 valence electrons. The van der Waals surface area contributed by atoms with Gasteiger partial charge in [0, 0.05) is 6.04 Å². The van der Waals surface area contributed by atoms with E-state index >= 15 is 0 Å². The maximum Gasteiger partial charge on any atom is 0.310 e. The molecule has 0 spiro atoms. The Hall–Kier alpha value is -1.57. The van der Waals surface area contributed by atoms with E-state index in [2.05, 4.69) is 17.6 Å². The molecule has 0 aliphatic heterocycles. The molecule has 0 aromatic rings. The van der Waals surface area contributed by atoms with Crippen molar-refractivity contribution in [1.82, 2.24) is 10.6 Å². The Labute approximate surface area is 96.2 Å². The molecule has 0 fully saturated rings. The van der Waals surface area contributed by atoms with Gasteiger partial charge in [-0.2, -0.15) is 5.26 Å². The standard InChI is InChI=1S/C11H19N3O2/c1-3-4-5-6-9(2)14-11(16)10(15)13-8-7-12/h9H,3-6,8H2,1-2H3,(H,13,15)(H,14,16). The van der Waals surface area contributed by atoms with Gasteiger partial charge in [0.2, 0.25) is 0 Å². The lowest BCUT2D eigenvalue weighted by molar-refractivity contribution is -0.139. The van der Waals surface area contributed by atoms with E-state index in [-0.39, 0.29) is 12.6 Å². The minimum atomic E-state index is -0.746. The lowest BCUT2D eigenvalue weighted by Crippen LogP contribution is -2.43. The highest BCUT2D eigenvalue weighted by Gasteiger charge is 2.14. The zero-order valence-corrected chi connectivity index (χ0v) is 9.88. The average Bonchev–Trinajstić information content (AvgIpc) is 2.26. The lowest BCUT2D eigenvalue weighted by Gasteiger charge is -2.12. The third-order valence-electron chi connectivity index (χ3n) is 2.15. The van der Waals surface area contributed by atoms with Crippen LogP contribution in [0.3, 0.4) is 0 Å². The molecule has 0 saturated heterocycles. The van der Waals surface area contributed by atoms with Crippen LogP contribution in [0, 0.1) is 11.3 Å². The number of nitriles is 1. The van der Waals surface area contributed by atoms with E-state index in [1.165, 1.54) is 0 Å². The molecule has 1 atom stereocenters. The van der Waals surface area contributed by atoms with Gasteiger partial charge in [0.25, 0.3) is 0 Å². The second-order valence-electron chi connectivity index (χ2n) is 3.71. The summed E-state index contributed by atoms with van der Waals surface area (Å²) in [6.07, 6.45) is 4.16. The second-order valence-corrected chi connectivity index (χ2v) is 3.71. The third-order valence-corrected chi connectivity index (χ3v) is 2.15. The van der Waals surface area contributed by atoms with Gasteiger partial charge in [0.15, 0.2) is 0 Å². The Morgan fingerprint density at radius 3 is 2.56 bits per heavy atom. The van der Waals surface area contributed by atoms with Crippen LogP contribution in [0.15, 0.2) is 0 Å². The van der Waals surface area contributed by atoms with Crippen LogP contribution >= 0.6 is 0 Å². The number of nitrogens with zero attached hydrogens (tertiary/aromatic N) is 1. The summed E-state index contributed by atoms with van der Waals surface area (Å²) in [5.74, 6) is -1.41. The monoisotopic (exact) mass is 225 g/mol. The Morgan fingerprint density at radius 2 is 2.00 bits per heavy atom. The molecule has 0 aliphatic carbocycles. The summed E-state index contributed by atoms with van der Waals surface area (Å²) < 4.78 is 0. The van der Waals surface area contributed by atoms with Crippen molar-refractivity contribution < 1.29 is 9.59 Å². The van der Waals surface area contributed by atoms with E-state index in [4.69, 9.17) is 5.26 Å². The van der Waals surface area contributed by atoms with Crippen LogP contribution < -0.4 is 10.6 Å². The molecule has 16 heavy (non-hydrogen) atoms. The number of carbonyl (C=O) groups excluding carboxylic acids is 2. The zero-order chi connectivity index (χ0) is 12.4. The molecule has 1 unspecified atom stereocenters. The molecule has 0 rings (SSSR count). The maximum absolute atomic E-state index is 11.3. The van der Waals surface area contributed by atoms with Crippen LogP contribution in [-0.4, -0.2) is 24.4 Å². The fourth-order valence-corrected chi connectivity index (χ4v) is 1.26. The molecule has 5 nitrogen and oxygen atoms in total. The lowest BCUT2D eigenvalue weighted by atomic mass is 10.1. The van der Waals surface area contributed by atoms with E-state index in [0.717, 1.165) is 25.7 Å². The maximum atomic E-state index is 11.3. The number of carbonyl (C=O) groups is 2. The highest BCUT2D eigenvalue weighted by Crippen LogP contribution is 2.02. The van der Waals surface area contributed by atoms with Crippen LogP contribution in [0.4, 0.5) is 0 Å². The molecular weight excluding hydrogens is 206 g/mol. The first-order valence-electron chi connectivity index (χ1n) is 5.57. The van der Waals surface area contributed by atoms with E-state index in [1.807, 2.05) is 6.92 Å². The largest absolute Gasteiger partial charge is 0.345 e. The van der Waals surface area contributed by atoms with Crippen molar-refractivity contribution in [3.05, 3.63) is 0 Å². The Bertz CT molecular complexity index is 271. The average molecular weight is 225 g/mol. The summed E-state index contributed by atoms with van der Waals surface area (Å²) in [7, 11) is 0. The first-order chi connectivity index (χ1) is 7.61. The number of hydrogen-bond acceptors (Lipinski definition) is 3. The molecule has 0 heterocycles. The molecule has 0 aromatic carbocycles. The van der Waals surface area contributed by atoms with Crippen molar-refractivity contribution in [2.45, 2.75) is 45.6 Å². The van der Waals surface area contributed by atoms with Crippen molar-refractivity contribution in [2.24, 2.45) is 0 Å². The molecule has 2 N–H and O–H groups in total. The third kappa shape index (κ3) is 6.82. The molecule has 0 saturated carbocycles. The van der Waals surface area contributed by atoms with E-state index in [1.54, 1.807) is 6.07 Å². The number of unbranched alkanes of at least 4 members (excludes halogenated alkanes) is 2. The summed E-state index contributed by atoms with van der Waals surface area (Å²) in [5, 5.41) is 13.0. The summed E-state index contributed by atoms with van der Waals surface area (Å²) in [6.45, 7) is 3.83. The second kappa shape index (κ2) is 8.72. The number of nitrogens with one attached hydrogen (secondary N) is 2. The van der Waals surface area contributed by atoms with Crippen molar-refractivity contribution in [3.63, 3.8) is 0 Å². The Morgan fingerprint density at radius 1 is 1.31 bits per heavy atom. The van der Waals surface area contributed by atoms with Crippen LogP contribution in [-0.2, 0) is 9.59 Å². The molecule has 0 aromatic heterocycles. The molecule has 5 heteroatoms. The normalized spacial score (nSPS) is 11.3. The number of rotatable bonds is 6. The minimum absolute atomic E-state index is 0.00751. The van der Waals surface area contributed by atoms with E-state index in [9.17, 15) is 9.59 Å². The predicted molar refractivity (Wildman–Crippen MR) is 60.4 cm³/mol. The SMILES string of the molecule is CCCCCC(C)NC(=O)C(=O)NCC#N. The van der Waals surface area contributed by atoms with Gasteiger partial charge >= 0.3 is 11.8 Å². The van der Waals surface area contributed by atoms with Crippen molar-refractivity contribution >= 4 is 11.8 Å². The fraction of sp³-hybridized carbons (Fsp3) is 0.727. The van der Waals surface area contributed by atoms with Gasteiger partial charge in [-0.3, -0.25) is 9.59 Å². The van der Waals surface area contributed by atoms with Crippen LogP contribution in [0.5, 0.6) is 0 Å². The van der Waals surface area contributed by atoms with Crippen LogP contribution in [0.1, 0.15) is 39.5 Å². The van der Waals surface area contributed by atoms with Gasteiger partial charge in [-0.1, -0.05) is 26.2 Å². The summed E-state index contributed by atoms with van der Waals surface area (Å²) >= 11 is 0. The smallest absolute Gasteiger partial charge is 0.310 e. The van der Waals surface area contributed by atoms with Gasteiger partial charge in [-0.05, 0) is 13.3 Å². The topological polar surface area (TPSA) is 82.0 Å². The fourth-order valence-electron chi connectivity index (χ4n) is 1.26. The van der Waals surface area contributed by atoms with Gasteiger partial charge in [0.1, 0.15) is 6.54 Å². The predicted octanol–water partition coefficient (Wildman–Crippen LogP) is 0.711. The van der Waals surface area contributed by atoms with Crippen molar-refractivity contribution in [3.8, 4) is 6.07 Å². The Kier molecular flexibility index (Phi) is 7.86. The van der Waals surface area contributed by atoms with Gasteiger partial charge in [-0.25, -0.2) is 0 Å². The number of hydrogen-bond donors (Lipinski definition) is 2. The Balaban J connectivity index is 3.77. The minimum Gasteiger partial charge on any atom is -0.345 e. The molecule has 0 bridgehead atoms. The van der Waals surface area contributed by atoms with E-state index in [0.29, 0.717) is 0 Å². The van der Waals surface area contributed by atoms with E-state index < -0.39 is 11.8 Å². The van der Waals surface area contributed by atoms with Crippen LogP contribution in [0.25, 0.3) is 0 Å². The summed E-state index contributed by atoms with van der Waals surface area (Å²) in [6, 6.07) is 1.73. The quantitative estimate of drug-likeness (QED) is 0.397. The highest BCUT2D eigenvalue weighted by atomic mass is 16.2. The summed E-state index contributed by atoms with van der Waals surface area (Å²) in [4.78, 5) is 22.4. The molecule has 0 aliphatic rings. The first kappa shape index (κ1) is 14.4. The van der Waals surface area contributed by atoms with Crippen molar-refractivity contribution in [1.29, 1.82) is 5.26 Å². The first-order valence-corrected chi connectivity index (χ1v) is 5.57. The molecular formula is C11H19N3O2. The molecule has 0 radical (unpaired) electrons. The van der Waals surface area contributed by atoms with Crippen LogP contribution in [0.2, 0.25) is 0 Å². The number of amides is 2. The zero-order valence-electron chi connectivity index (χ0n) is 9.88. The van der Waals surface area contributed by atoms with Gasteiger partial charge in [0.05, 0.1) is 6.07 Å². The van der Waals surface area contributed by atoms with Gasteiger partial charge < -0.3 is 10.6 Å². The highest BCUT2D eigenvalue weighted by molar-refractivity contribution is 6.35. The molecule has 2 amide bonds. The summed E-state index contributed by atoms with van der Waals surface area (Å²) in [5.41, 5.74) is 0. The van der Waals surface area contributed by atoms with Gasteiger partial charge in [-0.15, -0.1) is 0 Å².